The number of para-hydroxylation sites is 2. The first-order valence-electron chi connectivity index (χ1n) is 36.3. The number of benzene rings is 4. The molecular weight excluding hydrogens is 1420 g/mol. The standard InChI is InChI=1S/C78H101N9O18S2/c1-77(2)59-27-9-11-29-64(59)86(45-14-16-47-106(99,100)101)67(77)41-35-54-23-18-24-55(36-42-68-78(3,4)60-28-10-12-30-65(60)87(68)46-15-17-48-107(102,103)104)71(54)105-58-38-33-53(34-39-58)50-63(74(96)97)84-72(93)56(25-19-43-81-75(79)80)51-66(89)62(49-52-21-6-5-7-22-52)83-69(90)31-13-8-26-57(88)37-40-61(73(94)95)85-76(98)82-44-20-32-70(91)92/h5-7,9-12,21-22,27-30,33-36,38-39,41-42,56,61-63H,8,13-20,23-26,31-32,37,40,43-51H2,1-4H3,(H12-,79,80,81,82,83,84,85,90,91,92,93,94,95,96,97,98,99,100,101,102,103,104)/p+1/t56-,61+,62+,63+/m1/s1. The van der Waals surface area contributed by atoms with E-state index in [2.05, 4.69) is 99.9 Å². The first-order valence-corrected chi connectivity index (χ1v) is 39.5. The summed E-state index contributed by atoms with van der Waals surface area (Å²) in [7, 11) is -8.33. The van der Waals surface area contributed by atoms with Crippen LogP contribution in [0.2, 0.25) is 0 Å². The van der Waals surface area contributed by atoms with Crippen LogP contribution in [-0.2, 0) is 77.5 Å². The maximum absolute atomic E-state index is 14.5. The van der Waals surface area contributed by atoms with E-state index in [0.717, 1.165) is 51.5 Å². The third-order valence-electron chi connectivity index (χ3n) is 19.3. The number of rotatable bonds is 44. The van der Waals surface area contributed by atoms with Crippen molar-refractivity contribution in [2.24, 2.45) is 22.4 Å². The number of amides is 4. The lowest BCUT2D eigenvalue weighted by Crippen LogP contribution is -2.47. The summed E-state index contributed by atoms with van der Waals surface area (Å²) >= 11 is 0. The van der Waals surface area contributed by atoms with Crippen LogP contribution < -0.4 is 42.4 Å². The molecule has 4 aromatic carbocycles. The van der Waals surface area contributed by atoms with Crippen molar-refractivity contribution in [2.45, 2.75) is 185 Å². The number of hydrogen-bond donors (Lipinski definition) is 11. The smallest absolute Gasteiger partial charge is 0.326 e. The number of carbonyl (C=O) groups excluding carboxylic acids is 5. The molecule has 0 unspecified atom stereocenters. The maximum Gasteiger partial charge on any atom is 0.326 e. The number of ketones is 2. The van der Waals surface area contributed by atoms with Crippen molar-refractivity contribution < 1.29 is 88.9 Å². The average molecular weight is 1520 g/mol. The summed E-state index contributed by atoms with van der Waals surface area (Å²) in [5, 5.41) is 39.3. The van der Waals surface area contributed by atoms with Gasteiger partial charge in [-0.3, -0.25) is 38.1 Å². The van der Waals surface area contributed by atoms with Crippen LogP contribution in [0, 0.1) is 5.92 Å². The number of carboxylic acids is 3. The lowest BCUT2D eigenvalue weighted by Gasteiger charge is -2.27. The molecule has 4 atom stereocenters. The maximum atomic E-state index is 14.5. The van der Waals surface area contributed by atoms with Gasteiger partial charge in [-0.2, -0.15) is 21.4 Å². The Balaban J connectivity index is 1.10. The topological polar surface area (TPSA) is 434 Å². The van der Waals surface area contributed by atoms with Gasteiger partial charge >= 0.3 is 23.9 Å². The van der Waals surface area contributed by atoms with Crippen molar-refractivity contribution in [1.29, 1.82) is 0 Å². The summed E-state index contributed by atoms with van der Waals surface area (Å²) in [6.07, 6.45) is 11.3. The fraction of sp³-hybridized carbons (Fsp3) is 0.462. The molecule has 107 heavy (non-hydrogen) atoms. The van der Waals surface area contributed by atoms with Crippen molar-refractivity contribution >= 4 is 90.6 Å². The minimum Gasteiger partial charge on any atom is -0.481 e. The van der Waals surface area contributed by atoms with Gasteiger partial charge in [-0.1, -0.05) is 98.8 Å². The minimum atomic E-state index is -4.16. The Morgan fingerprint density at radius 3 is 1.94 bits per heavy atom. The number of anilines is 1. The van der Waals surface area contributed by atoms with E-state index in [4.69, 9.17) is 21.3 Å². The summed E-state index contributed by atoms with van der Waals surface area (Å²) in [6, 6.07) is 27.0. The van der Waals surface area contributed by atoms with E-state index in [0.29, 0.717) is 61.4 Å². The van der Waals surface area contributed by atoms with Crippen LogP contribution >= 0.6 is 0 Å². The lowest BCUT2D eigenvalue weighted by molar-refractivity contribution is -0.438. The fourth-order valence-electron chi connectivity index (χ4n) is 13.7. The lowest BCUT2D eigenvalue weighted by atomic mass is 9.81. The molecule has 0 radical (unpaired) electrons. The van der Waals surface area contributed by atoms with Gasteiger partial charge in [0, 0.05) is 105 Å². The quantitative estimate of drug-likeness (QED) is 0.00646. The number of fused-ring (bicyclic) bond motifs is 2. The van der Waals surface area contributed by atoms with E-state index in [9.17, 15) is 74.5 Å². The molecule has 0 bridgehead atoms. The van der Waals surface area contributed by atoms with Gasteiger partial charge in [0.25, 0.3) is 20.2 Å². The number of nitrogens with zero attached hydrogens (tertiary/aromatic N) is 3. The molecule has 0 spiro atoms. The zero-order chi connectivity index (χ0) is 78.1. The molecule has 2 heterocycles. The molecule has 29 heteroatoms. The van der Waals surface area contributed by atoms with Gasteiger partial charge in [0.1, 0.15) is 35.9 Å². The number of carbonyl (C=O) groups is 8. The Kier molecular flexibility index (Phi) is 31.3. The van der Waals surface area contributed by atoms with Gasteiger partial charge in [0.2, 0.25) is 17.5 Å². The van der Waals surface area contributed by atoms with Crippen LogP contribution in [0.3, 0.4) is 0 Å². The number of Topliss-reactive ketones (excluding diaryl/α,β-unsaturated/α-hetero) is 2. The summed E-state index contributed by atoms with van der Waals surface area (Å²) in [4.78, 5) is 110. The Morgan fingerprint density at radius 2 is 1.27 bits per heavy atom. The molecule has 4 aromatic rings. The molecule has 13 N–H and O–H groups in total. The van der Waals surface area contributed by atoms with Gasteiger partial charge in [0.15, 0.2) is 17.5 Å². The van der Waals surface area contributed by atoms with Crippen LogP contribution in [0.15, 0.2) is 155 Å². The number of carboxylic acid groups (broad SMARTS) is 3. The van der Waals surface area contributed by atoms with Gasteiger partial charge in [-0.25, -0.2) is 14.4 Å². The molecular formula is C78H102N9O18S2+. The van der Waals surface area contributed by atoms with E-state index >= 15 is 0 Å². The van der Waals surface area contributed by atoms with E-state index in [1.807, 2.05) is 36.4 Å². The van der Waals surface area contributed by atoms with E-state index < -0.39 is 103 Å². The molecule has 0 aromatic heterocycles. The first kappa shape index (κ1) is 84.4. The normalized spacial score (nSPS) is 16.5. The molecule has 0 saturated carbocycles. The number of unbranched alkanes of at least 4 members (excludes halogenated alkanes) is 3. The second kappa shape index (κ2) is 39.7. The van der Waals surface area contributed by atoms with E-state index in [1.165, 1.54) is 0 Å². The molecule has 578 valence electrons. The van der Waals surface area contributed by atoms with Crippen molar-refractivity contribution in [3.05, 3.63) is 172 Å². The number of aliphatic imine (C=N–C) groups is 1. The highest BCUT2D eigenvalue weighted by Crippen LogP contribution is 2.48. The number of urea groups is 1. The molecule has 2 aliphatic heterocycles. The molecule has 3 aliphatic rings. The molecule has 27 nitrogen and oxygen atoms in total. The minimum absolute atomic E-state index is 0.000914. The fourth-order valence-corrected chi connectivity index (χ4v) is 14.8. The number of aliphatic carboxylic acids is 3. The monoisotopic (exact) mass is 1520 g/mol. The number of ether oxygens (including phenoxy) is 1. The Labute approximate surface area is 625 Å². The number of nitrogens with one attached hydrogen (secondary N) is 4. The Morgan fingerprint density at radius 1 is 0.636 bits per heavy atom. The number of nitrogens with two attached hydrogens (primary N) is 2. The summed E-state index contributed by atoms with van der Waals surface area (Å²) in [6.45, 7) is 9.58. The van der Waals surface area contributed by atoms with Gasteiger partial charge in [-0.05, 0) is 156 Å². The summed E-state index contributed by atoms with van der Waals surface area (Å²) < 4.78 is 75.2. The molecule has 0 fully saturated rings. The van der Waals surface area contributed by atoms with Crippen molar-refractivity contribution in [3.63, 3.8) is 0 Å². The van der Waals surface area contributed by atoms with Gasteiger partial charge < -0.3 is 57.7 Å². The third kappa shape index (κ3) is 26.3. The van der Waals surface area contributed by atoms with Crippen LogP contribution in [0.5, 0.6) is 5.75 Å². The SMILES string of the molecule is CC1(C)C(=CC=C2CCCC(C=CC3=[N+](CCCCS(=O)(=O)O)c4ccccc4C3(C)C)=C2Oc2ccc(C[C@H](NC(=O)[C@H](CCCN=C(N)N)CC(=O)[C@H](Cc3ccccc3)NC(=O)CCCCC(=O)CC[C@H](NC(=O)NCCCC(=O)O)C(=O)O)C(=O)O)cc2)N(CCCCS(=O)(=O)O)c2ccccc21. The van der Waals surface area contributed by atoms with Crippen molar-refractivity contribution in [3.8, 4) is 5.75 Å². The number of allylic oxidation sites excluding steroid dienone is 7. The molecule has 0 saturated heterocycles. The predicted octanol–water partition coefficient (Wildman–Crippen LogP) is 9.08. The zero-order valence-corrected chi connectivity index (χ0v) is 62.8. The van der Waals surface area contributed by atoms with Crippen LogP contribution in [0.1, 0.15) is 166 Å². The molecule has 4 amide bonds. The van der Waals surface area contributed by atoms with Gasteiger partial charge in [-0.15, -0.1) is 0 Å². The predicted molar refractivity (Wildman–Crippen MR) is 407 cm³/mol. The average Bonchev–Trinajstić information content (AvgIpc) is 1.60. The Bertz CT molecular complexity index is 4280. The van der Waals surface area contributed by atoms with Crippen molar-refractivity contribution in [1.82, 2.24) is 21.3 Å². The molecule has 7 rings (SSSR count). The number of hydrogen-bond acceptors (Lipinski definition) is 15. The summed E-state index contributed by atoms with van der Waals surface area (Å²) in [5.74, 6) is -6.88. The van der Waals surface area contributed by atoms with Crippen molar-refractivity contribution in [2.75, 3.05) is 42.6 Å². The van der Waals surface area contributed by atoms with E-state index in [1.54, 1.807) is 54.6 Å². The molecule has 1 aliphatic carbocycles. The van der Waals surface area contributed by atoms with Crippen LogP contribution in [-0.4, -0.2) is 161 Å². The zero-order valence-electron chi connectivity index (χ0n) is 61.2. The second-order valence-corrected chi connectivity index (χ2v) is 31.4. The number of guanidine groups is 1. The third-order valence-corrected chi connectivity index (χ3v) is 20.9. The summed E-state index contributed by atoms with van der Waals surface area (Å²) in [5.41, 5.74) is 19.3. The Hall–Kier alpha value is -9.84. The second-order valence-electron chi connectivity index (χ2n) is 28.3. The highest BCUT2D eigenvalue weighted by Gasteiger charge is 2.45. The highest BCUT2D eigenvalue weighted by atomic mass is 32.2. The largest absolute Gasteiger partial charge is 0.481 e. The van der Waals surface area contributed by atoms with Gasteiger partial charge in [0.05, 0.1) is 23.0 Å². The van der Waals surface area contributed by atoms with Crippen LogP contribution in [0.25, 0.3) is 0 Å². The van der Waals surface area contributed by atoms with Crippen LogP contribution in [0.4, 0.5) is 16.2 Å². The van der Waals surface area contributed by atoms with E-state index in [-0.39, 0.29) is 126 Å². The highest BCUT2D eigenvalue weighted by molar-refractivity contribution is 7.86. The first-order chi connectivity index (χ1) is 50.7.